The van der Waals surface area contributed by atoms with Crippen LogP contribution in [0.4, 0.5) is 0 Å². The maximum atomic E-state index is 14.3. The molecule has 0 aromatic carbocycles. The zero-order valence-electron chi connectivity index (χ0n) is 25.7. The molecule has 0 aromatic heterocycles. The number of aliphatic hydroxyl groups excluding tert-OH is 4. The summed E-state index contributed by atoms with van der Waals surface area (Å²) in [5.41, 5.74) is -0.309. The van der Waals surface area contributed by atoms with E-state index < -0.39 is 43.1 Å². The van der Waals surface area contributed by atoms with E-state index in [1.807, 2.05) is 0 Å². The summed E-state index contributed by atoms with van der Waals surface area (Å²) < 4.78 is 25.1. The second-order valence-electron chi connectivity index (χ2n) is 15.8. The second kappa shape index (κ2) is 10.4. The molecule has 42 heavy (non-hydrogen) atoms. The van der Waals surface area contributed by atoms with E-state index in [1.54, 1.807) is 0 Å². The fourth-order valence-corrected chi connectivity index (χ4v) is 11.4. The predicted octanol–water partition coefficient (Wildman–Crippen LogP) is 2.80. The molecule has 3 heterocycles. The van der Waals surface area contributed by atoms with E-state index in [2.05, 4.69) is 27.7 Å². The molecule has 3 aliphatic heterocycles. The summed E-state index contributed by atoms with van der Waals surface area (Å²) in [7, 11) is 0. The van der Waals surface area contributed by atoms with Crippen molar-refractivity contribution in [1.29, 1.82) is 0 Å². The quantitative estimate of drug-likeness (QED) is 0.365. The van der Waals surface area contributed by atoms with Crippen molar-refractivity contribution in [3.05, 3.63) is 0 Å². The number of fused-ring (bicyclic) bond motifs is 7. The third-order valence-corrected chi connectivity index (χ3v) is 13.9. The maximum absolute atomic E-state index is 14.3. The number of ketones is 1. The number of Topliss-reactive ketones (excluding diaryl/α,β-unsaturated/α-hetero) is 1. The van der Waals surface area contributed by atoms with Gasteiger partial charge in [0.05, 0.1) is 25.4 Å². The van der Waals surface area contributed by atoms with Crippen LogP contribution in [0.25, 0.3) is 0 Å². The van der Waals surface area contributed by atoms with Crippen molar-refractivity contribution in [3.63, 3.8) is 0 Å². The molecule has 9 nitrogen and oxygen atoms in total. The topological polar surface area (TPSA) is 135 Å². The number of carbonyl (C=O) groups is 1. The standard InChI is InChI=1S/C33H52O9/c1-16-7-10-33(39-15-16)17(2)26-23(42-33)12-22-20-6-5-18-11-19(40-30-29(38)28(37)27(36)24(14-34)41-30)8-9-31(18,3)21(20)13-25(35)32(22,26)4/h16-24,26-30,34,36-38H,5-15H2,1-4H3/t16-,17-,18-,19-,20+,21-,22-,23-,24+,26-,27+,28-,29+,30+,31-,32+,33+/m0/s1. The van der Waals surface area contributed by atoms with E-state index in [-0.39, 0.29) is 34.9 Å². The minimum Gasteiger partial charge on any atom is -0.394 e. The Labute approximate surface area is 249 Å². The Hall–Kier alpha value is -0.650. The maximum Gasteiger partial charge on any atom is 0.186 e. The molecule has 3 saturated heterocycles. The zero-order chi connectivity index (χ0) is 29.8. The lowest BCUT2D eigenvalue weighted by Crippen LogP contribution is -2.60. The normalized spacial score (nSPS) is 59.2. The summed E-state index contributed by atoms with van der Waals surface area (Å²) in [6, 6.07) is 0. The van der Waals surface area contributed by atoms with E-state index in [0.29, 0.717) is 41.8 Å². The highest BCUT2D eigenvalue weighted by atomic mass is 16.7. The van der Waals surface area contributed by atoms with E-state index in [1.165, 1.54) is 0 Å². The highest BCUT2D eigenvalue weighted by Gasteiger charge is 2.71. The lowest BCUT2D eigenvalue weighted by atomic mass is 9.44. The Morgan fingerprint density at radius 2 is 1.74 bits per heavy atom. The van der Waals surface area contributed by atoms with Crippen LogP contribution in [-0.4, -0.2) is 88.1 Å². The first-order chi connectivity index (χ1) is 19.9. The van der Waals surface area contributed by atoms with Crippen LogP contribution in [0.15, 0.2) is 0 Å². The highest BCUT2D eigenvalue weighted by molar-refractivity contribution is 5.87. The van der Waals surface area contributed by atoms with Crippen LogP contribution in [0.1, 0.15) is 85.5 Å². The van der Waals surface area contributed by atoms with Crippen molar-refractivity contribution in [3.8, 4) is 0 Å². The van der Waals surface area contributed by atoms with Crippen LogP contribution in [0.2, 0.25) is 0 Å². The summed E-state index contributed by atoms with van der Waals surface area (Å²) in [6.45, 7) is 9.46. The minimum absolute atomic E-state index is 0.0448. The van der Waals surface area contributed by atoms with Crippen LogP contribution < -0.4 is 0 Å². The Kier molecular flexibility index (Phi) is 7.47. The van der Waals surface area contributed by atoms with E-state index in [0.717, 1.165) is 58.0 Å². The molecule has 0 bridgehead atoms. The van der Waals surface area contributed by atoms with Crippen LogP contribution in [0.5, 0.6) is 0 Å². The summed E-state index contributed by atoms with van der Waals surface area (Å²) in [5.74, 6) is 2.52. The summed E-state index contributed by atoms with van der Waals surface area (Å²) in [6.07, 6.45) is 2.04. The molecule has 0 unspecified atom stereocenters. The van der Waals surface area contributed by atoms with Crippen molar-refractivity contribution < 1.29 is 44.2 Å². The highest BCUT2D eigenvalue weighted by Crippen LogP contribution is 2.70. The van der Waals surface area contributed by atoms with Crippen LogP contribution >= 0.6 is 0 Å². The van der Waals surface area contributed by atoms with Crippen molar-refractivity contribution in [2.45, 2.75) is 134 Å². The van der Waals surface area contributed by atoms with Crippen molar-refractivity contribution in [2.75, 3.05) is 13.2 Å². The molecule has 7 aliphatic rings. The molecular weight excluding hydrogens is 540 g/mol. The number of hydrogen-bond donors (Lipinski definition) is 4. The van der Waals surface area contributed by atoms with Gasteiger partial charge in [0.25, 0.3) is 0 Å². The number of hydrogen-bond acceptors (Lipinski definition) is 9. The average Bonchev–Trinajstić information content (AvgIpc) is 3.42. The van der Waals surface area contributed by atoms with E-state index in [4.69, 9.17) is 18.9 Å². The molecule has 0 amide bonds. The summed E-state index contributed by atoms with van der Waals surface area (Å²) in [5, 5.41) is 40.4. The first-order valence-electron chi connectivity index (χ1n) is 16.7. The van der Waals surface area contributed by atoms with Gasteiger partial charge in [-0.2, -0.15) is 0 Å². The van der Waals surface area contributed by atoms with Crippen molar-refractivity contribution in [1.82, 2.24) is 0 Å². The van der Waals surface area contributed by atoms with Gasteiger partial charge in [-0.05, 0) is 80.0 Å². The van der Waals surface area contributed by atoms with Gasteiger partial charge < -0.3 is 39.4 Å². The van der Waals surface area contributed by atoms with Crippen molar-refractivity contribution >= 4 is 5.78 Å². The Balaban J connectivity index is 1.05. The van der Waals surface area contributed by atoms with Gasteiger partial charge in [-0.25, -0.2) is 0 Å². The van der Waals surface area contributed by atoms with Crippen LogP contribution in [-0.2, 0) is 23.7 Å². The van der Waals surface area contributed by atoms with Gasteiger partial charge in [-0.1, -0.05) is 27.7 Å². The minimum atomic E-state index is -1.44. The summed E-state index contributed by atoms with van der Waals surface area (Å²) >= 11 is 0. The zero-order valence-corrected chi connectivity index (χ0v) is 25.7. The molecule has 0 radical (unpaired) electrons. The van der Waals surface area contributed by atoms with Gasteiger partial charge in [-0.3, -0.25) is 4.79 Å². The molecule has 4 N–H and O–H groups in total. The van der Waals surface area contributed by atoms with Crippen LogP contribution in [0.3, 0.4) is 0 Å². The molecule has 7 fully saturated rings. The van der Waals surface area contributed by atoms with Crippen LogP contribution in [0, 0.1) is 52.3 Å². The summed E-state index contributed by atoms with van der Waals surface area (Å²) in [4.78, 5) is 14.3. The fraction of sp³-hybridized carbons (Fsp3) is 0.970. The van der Waals surface area contributed by atoms with Gasteiger partial charge in [0.2, 0.25) is 0 Å². The molecule has 1 spiro atoms. The predicted molar refractivity (Wildman–Crippen MR) is 151 cm³/mol. The Morgan fingerprint density at radius 1 is 0.952 bits per heavy atom. The fourth-order valence-electron chi connectivity index (χ4n) is 11.4. The van der Waals surface area contributed by atoms with Gasteiger partial charge >= 0.3 is 0 Å². The largest absolute Gasteiger partial charge is 0.394 e. The number of aliphatic hydroxyl groups is 4. The Bertz CT molecular complexity index is 1040. The molecule has 0 aromatic rings. The third-order valence-electron chi connectivity index (χ3n) is 13.9. The molecule has 238 valence electrons. The SMILES string of the molecule is C[C@H]1CC[C@@]2(OC1)O[C@H]1C[C@H]3[C@@H]4CC[C@H]5C[C@@H](O[C@@H]6O[C@H](CO)[C@@H](O)[C@H](O)[C@H]6O)CC[C@]5(C)[C@H]4CC(=O)[C@]3(C)[C@H]1[C@@H]2C. The van der Waals surface area contributed by atoms with Crippen molar-refractivity contribution in [2.24, 2.45) is 52.3 Å². The first kappa shape index (κ1) is 30.0. The number of rotatable bonds is 3. The lowest BCUT2D eigenvalue weighted by molar-refractivity contribution is -0.316. The first-order valence-corrected chi connectivity index (χ1v) is 16.7. The number of ether oxygens (including phenoxy) is 4. The molecule has 4 saturated carbocycles. The van der Waals surface area contributed by atoms with E-state index in [9.17, 15) is 25.2 Å². The molecular formula is C33H52O9. The monoisotopic (exact) mass is 592 g/mol. The van der Waals surface area contributed by atoms with Gasteiger partial charge in [0.1, 0.15) is 30.2 Å². The molecule has 7 rings (SSSR count). The third kappa shape index (κ3) is 4.20. The van der Waals surface area contributed by atoms with Gasteiger partial charge in [0.15, 0.2) is 12.1 Å². The van der Waals surface area contributed by atoms with E-state index >= 15 is 0 Å². The molecule has 9 heteroatoms. The van der Waals surface area contributed by atoms with Gasteiger partial charge in [0, 0.05) is 30.1 Å². The Morgan fingerprint density at radius 3 is 2.45 bits per heavy atom. The smallest absolute Gasteiger partial charge is 0.186 e. The average molecular weight is 593 g/mol. The molecule has 4 aliphatic carbocycles. The molecule has 17 atom stereocenters. The lowest BCUT2D eigenvalue weighted by Gasteiger charge is -2.60. The van der Waals surface area contributed by atoms with Gasteiger partial charge in [-0.15, -0.1) is 0 Å². The second-order valence-corrected chi connectivity index (χ2v) is 15.8. The number of carbonyl (C=O) groups excluding carboxylic acids is 1.